The molecule has 0 amide bonds. The molecule has 0 unspecified atom stereocenters. The monoisotopic (exact) mass is 327 g/mol. The van der Waals surface area contributed by atoms with Crippen LogP contribution in [0.25, 0.3) is 11.3 Å². The van der Waals surface area contributed by atoms with Gasteiger partial charge in [0.25, 0.3) is 0 Å². The van der Waals surface area contributed by atoms with Gasteiger partial charge in [0.05, 0.1) is 11.3 Å². The van der Waals surface area contributed by atoms with Crippen LogP contribution in [0.5, 0.6) is 0 Å². The molecule has 1 aliphatic rings. The van der Waals surface area contributed by atoms with E-state index in [1.165, 1.54) is 12.5 Å². The summed E-state index contributed by atoms with van der Waals surface area (Å²) in [6.07, 6.45) is 0.302. The summed E-state index contributed by atoms with van der Waals surface area (Å²) >= 11 is 0. The van der Waals surface area contributed by atoms with E-state index >= 15 is 0 Å². The van der Waals surface area contributed by atoms with Crippen molar-refractivity contribution >= 4 is 5.95 Å². The zero-order valence-electron chi connectivity index (χ0n) is 12.7. The number of halogens is 4. The van der Waals surface area contributed by atoms with E-state index in [2.05, 4.69) is 9.88 Å². The van der Waals surface area contributed by atoms with Crippen molar-refractivity contribution in [3.05, 3.63) is 35.8 Å². The van der Waals surface area contributed by atoms with Gasteiger partial charge >= 0.3 is 6.18 Å². The molecular formula is C16H17F4N3. The first-order chi connectivity index (χ1) is 10.9. The maximum atomic E-state index is 13.4. The molecular weight excluding hydrogens is 310 g/mol. The average Bonchev–Trinajstić information content (AvgIpc) is 2.89. The molecule has 3 rings (SSSR count). The van der Waals surface area contributed by atoms with Gasteiger partial charge in [-0.15, -0.1) is 0 Å². The SMILES string of the molecule is Cn1cc(-c2ccc(F)c(C(F)(F)F)c2)nc1N1CCCCC1. The minimum Gasteiger partial charge on any atom is -0.342 e. The van der Waals surface area contributed by atoms with Crippen molar-refractivity contribution in [3.63, 3.8) is 0 Å². The number of aryl methyl sites for hydroxylation is 1. The summed E-state index contributed by atoms with van der Waals surface area (Å²) in [5, 5.41) is 0. The fraction of sp³-hybridized carbons (Fsp3) is 0.438. The Balaban J connectivity index is 1.96. The van der Waals surface area contributed by atoms with Gasteiger partial charge in [-0.2, -0.15) is 13.2 Å². The second-order valence-electron chi connectivity index (χ2n) is 5.78. The summed E-state index contributed by atoms with van der Waals surface area (Å²) in [4.78, 5) is 6.58. The van der Waals surface area contributed by atoms with Crippen molar-refractivity contribution in [2.24, 2.45) is 7.05 Å². The minimum atomic E-state index is -4.72. The molecule has 0 atom stereocenters. The summed E-state index contributed by atoms with van der Waals surface area (Å²) in [7, 11) is 1.81. The molecule has 1 aromatic heterocycles. The predicted octanol–water partition coefficient (Wildman–Crippen LogP) is 4.24. The van der Waals surface area contributed by atoms with Crippen molar-refractivity contribution < 1.29 is 17.6 Å². The fourth-order valence-corrected chi connectivity index (χ4v) is 2.89. The number of hydrogen-bond donors (Lipinski definition) is 0. The van der Waals surface area contributed by atoms with Gasteiger partial charge in [-0.3, -0.25) is 0 Å². The molecule has 124 valence electrons. The van der Waals surface area contributed by atoms with Crippen LogP contribution in [-0.4, -0.2) is 22.6 Å². The Morgan fingerprint density at radius 3 is 2.43 bits per heavy atom. The third kappa shape index (κ3) is 3.18. The van der Waals surface area contributed by atoms with E-state index in [1.807, 2.05) is 7.05 Å². The van der Waals surface area contributed by atoms with E-state index in [4.69, 9.17) is 0 Å². The molecule has 0 radical (unpaired) electrons. The first kappa shape index (κ1) is 15.8. The Bertz CT molecular complexity index is 700. The van der Waals surface area contributed by atoms with E-state index in [1.54, 1.807) is 10.8 Å². The highest BCUT2D eigenvalue weighted by Crippen LogP contribution is 2.34. The van der Waals surface area contributed by atoms with E-state index in [9.17, 15) is 17.6 Å². The average molecular weight is 327 g/mol. The molecule has 2 aromatic rings. The summed E-state index contributed by atoms with van der Waals surface area (Å²) in [6, 6.07) is 2.98. The topological polar surface area (TPSA) is 21.1 Å². The minimum absolute atomic E-state index is 0.262. The van der Waals surface area contributed by atoms with Crippen LogP contribution in [0.4, 0.5) is 23.5 Å². The molecule has 1 saturated heterocycles. The maximum absolute atomic E-state index is 13.4. The molecule has 0 aliphatic carbocycles. The quantitative estimate of drug-likeness (QED) is 0.770. The van der Waals surface area contributed by atoms with Gasteiger partial charge < -0.3 is 9.47 Å². The third-order valence-electron chi connectivity index (χ3n) is 4.06. The molecule has 7 heteroatoms. The van der Waals surface area contributed by atoms with Gasteiger partial charge in [0.2, 0.25) is 5.95 Å². The number of alkyl halides is 3. The van der Waals surface area contributed by atoms with E-state index < -0.39 is 17.6 Å². The second kappa shape index (κ2) is 5.86. The molecule has 0 bridgehead atoms. The van der Waals surface area contributed by atoms with Crippen LogP contribution in [0.3, 0.4) is 0 Å². The van der Waals surface area contributed by atoms with Crippen LogP contribution in [0.2, 0.25) is 0 Å². The number of benzene rings is 1. The van der Waals surface area contributed by atoms with Crippen molar-refractivity contribution in [1.82, 2.24) is 9.55 Å². The van der Waals surface area contributed by atoms with Crippen LogP contribution in [-0.2, 0) is 13.2 Å². The van der Waals surface area contributed by atoms with Gasteiger partial charge in [-0.25, -0.2) is 9.37 Å². The number of anilines is 1. The van der Waals surface area contributed by atoms with Crippen molar-refractivity contribution in [1.29, 1.82) is 0 Å². The summed E-state index contributed by atoms with van der Waals surface area (Å²) < 4.78 is 53.7. The Kier molecular flexibility index (Phi) is 4.04. The van der Waals surface area contributed by atoms with Crippen LogP contribution in [0.1, 0.15) is 24.8 Å². The normalized spacial score (nSPS) is 16.0. The maximum Gasteiger partial charge on any atom is 0.419 e. The van der Waals surface area contributed by atoms with E-state index in [0.29, 0.717) is 5.69 Å². The van der Waals surface area contributed by atoms with Gasteiger partial charge in [-0.05, 0) is 37.5 Å². The molecule has 1 aromatic carbocycles. The third-order valence-corrected chi connectivity index (χ3v) is 4.06. The van der Waals surface area contributed by atoms with Gasteiger partial charge in [0.1, 0.15) is 5.82 Å². The first-order valence-electron chi connectivity index (χ1n) is 7.51. The molecule has 0 N–H and O–H groups in total. The number of hydrogen-bond acceptors (Lipinski definition) is 2. The molecule has 0 saturated carbocycles. The summed E-state index contributed by atoms with van der Waals surface area (Å²) in [6.45, 7) is 1.78. The molecule has 23 heavy (non-hydrogen) atoms. The molecule has 3 nitrogen and oxygen atoms in total. The molecule has 1 aliphatic heterocycles. The van der Waals surface area contributed by atoms with E-state index in [-0.39, 0.29) is 5.56 Å². The number of aromatic nitrogens is 2. The Labute approximate surface area is 131 Å². The lowest BCUT2D eigenvalue weighted by molar-refractivity contribution is -0.139. The van der Waals surface area contributed by atoms with Gasteiger partial charge in [0, 0.05) is 31.9 Å². The Morgan fingerprint density at radius 2 is 1.78 bits per heavy atom. The van der Waals surface area contributed by atoms with Crippen LogP contribution in [0.15, 0.2) is 24.4 Å². The molecule has 0 spiro atoms. The molecule has 1 fully saturated rings. The van der Waals surface area contributed by atoms with Crippen molar-refractivity contribution in [2.75, 3.05) is 18.0 Å². The Hall–Kier alpha value is -2.05. The lowest BCUT2D eigenvalue weighted by Gasteiger charge is -2.27. The predicted molar refractivity (Wildman–Crippen MR) is 79.7 cm³/mol. The van der Waals surface area contributed by atoms with Crippen LogP contribution in [0, 0.1) is 5.82 Å². The second-order valence-corrected chi connectivity index (χ2v) is 5.78. The van der Waals surface area contributed by atoms with E-state index in [0.717, 1.165) is 44.0 Å². The molecule has 2 heterocycles. The zero-order valence-corrected chi connectivity index (χ0v) is 12.7. The highest BCUT2D eigenvalue weighted by molar-refractivity contribution is 5.62. The van der Waals surface area contributed by atoms with Crippen molar-refractivity contribution in [3.8, 4) is 11.3 Å². The van der Waals surface area contributed by atoms with Crippen LogP contribution < -0.4 is 4.90 Å². The lowest BCUT2D eigenvalue weighted by Crippen LogP contribution is -2.31. The fourth-order valence-electron chi connectivity index (χ4n) is 2.89. The van der Waals surface area contributed by atoms with Gasteiger partial charge in [0.15, 0.2) is 0 Å². The number of piperidine rings is 1. The highest BCUT2D eigenvalue weighted by atomic mass is 19.4. The first-order valence-corrected chi connectivity index (χ1v) is 7.51. The van der Waals surface area contributed by atoms with Gasteiger partial charge in [-0.1, -0.05) is 0 Å². The van der Waals surface area contributed by atoms with Crippen molar-refractivity contribution in [2.45, 2.75) is 25.4 Å². The standard InChI is InChI=1S/C16H17F4N3/c1-22-10-14(21-15(22)23-7-3-2-4-8-23)11-5-6-13(17)12(9-11)16(18,19)20/h5-6,9-10H,2-4,7-8H2,1H3. The highest BCUT2D eigenvalue weighted by Gasteiger charge is 2.34. The summed E-state index contributed by atoms with van der Waals surface area (Å²) in [5.74, 6) is -0.536. The largest absolute Gasteiger partial charge is 0.419 e. The lowest BCUT2D eigenvalue weighted by atomic mass is 10.1. The zero-order chi connectivity index (χ0) is 16.6. The number of rotatable bonds is 2. The Morgan fingerprint density at radius 1 is 1.09 bits per heavy atom. The number of nitrogens with zero attached hydrogens (tertiary/aromatic N) is 3. The summed E-state index contributed by atoms with van der Waals surface area (Å²) in [5.41, 5.74) is -0.587. The number of imidazole rings is 1. The smallest absolute Gasteiger partial charge is 0.342 e. The van der Waals surface area contributed by atoms with Crippen LogP contribution >= 0.6 is 0 Å².